The predicted octanol–water partition coefficient (Wildman–Crippen LogP) is 1.52. The van der Waals surface area contributed by atoms with Gasteiger partial charge in [0.15, 0.2) is 0 Å². The van der Waals surface area contributed by atoms with E-state index in [0.29, 0.717) is 6.54 Å². The summed E-state index contributed by atoms with van der Waals surface area (Å²) in [5.74, 6) is 0. The van der Waals surface area contributed by atoms with Crippen molar-refractivity contribution in [1.29, 1.82) is 0 Å². The van der Waals surface area contributed by atoms with Gasteiger partial charge < -0.3 is 0 Å². The van der Waals surface area contributed by atoms with E-state index < -0.39 is 0 Å². The summed E-state index contributed by atoms with van der Waals surface area (Å²) in [5, 5.41) is 7.38. The topological polar surface area (TPSA) is 24.7 Å². The van der Waals surface area contributed by atoms with Crippen LogP contribution in [-0.4, -0.2) is 6.54 Å². The molecule has 0 saturated carbocycles. The molecular weight excluding hydrogens is 88.1 g/mol. The van der Waals surface area contributed by atoms with Crippen molar-refractivity contribution in [2.75, 3.05) is 6.54 Å². The number of hydrogen-bond acceptors (Lipinski definition) is 2. The van der Waals surface area contributed by atoms with E-state index in [0.717, 1.165) is 0 Å². The molecule has 0 unspecified atom stereocenters. The molecule has 0 spiro atoms. The Bertz CT molecular complexity index is 108. The van der Waals surface area contributed by atoms with Crippen LogP contribution in [0, 0.1) is 0 Å². The lowest BCUT2D eigenvalue weighted by Gasteiger charge is -1.69. The Hall–Kier alpha value is -0.920. The maximum absolute atomic E-state index is 3.72. The van der Waals surface area contributed by atoms with Crippen molar-refractivity contribution in [3.63, 3.8) is 0 Å². The Morgan fingerprint density at radius 2 is 2.29 bits per heavy atom. The standard InChI is InChI=1S/C5H6N2/c1-2-4-6-7-5-3-1/h1-4H,5H2. The van der Waals surface area contributed by atoms with Gasteiger partial charge >= 0.3 is 0 Å². The molecule has 1 heterocycles. The van der Waals surface area contributed by atoms with Gasteiger partial charge in [0.2, 0.25) is 0 Å². The van der Waals surface area contributed by atoms with Gasteiger partial charge in [-0.25, -0.2) is 0 Å². The first-order valence-corrected chi connectivity index (χ1v) is 2.18. The Morgan fingerprint density at radius 3 is 3.29 bits per heavy atom. The molecule has 2 heteroatoms. The van der Waals surface area contributed by atoms with E-state index in [1.807, 2.05) is 18.2 Å². The van der Waals surface area contributed by atoms with E-state index in [9.17, 15) is 0 Å². The van der Waals surface area contributed by atoms with E-state index in [1.54, 1.807) is 6.20 Å². The second kappa shape index (κ2) is 2.29. The zero-order valence-corrected chi connectivity index (χ0v) is 3.91. The molecule has 0 N–H and O–H groups in total. The van der Waals surface area contributed by atoms with Crippen molar-refractivity contribution in [1.82, 2.24) is 0 Å². The van der Waals surface area contributed by atoms with Gasteiger partial charge in [-0.3, -0.25) is 0 Å². The molecule has 1 aliphatic rings. The van der Waals surface area contributed by atoms with Crippen LogP contribution in [0.1, 0.15) is 0 Å². The van der Waals surface area contributed by atoms with Crippen LogP contribution in [0.4, 0.5) is 0 Å². The minimum Gasteiger partial charge on any atom is -0.185 e. The lowest BCUT2D eigenvalue weighted by molar-refractivity contribution is 1.08. The minimum atomic E-state index is 0.715. The van der Waals surface area contributed by atoms with Gasteiger partial charge in [0.1, 0.15) is 0 Å². The fraction of sp³-hybridized carbons (Fsp3) is 0.200. The van der Waals surface area contributed by atoms with Gasteiger partial charge in [-0.05, 0) is 6.08 Å². The lowest BCUT2D eigenvalue weighted by Crippen LogP contribution is -1.61. The second-order valence-electron chi connectivity index (χ2n) is 1.21. The molecular formula is C5H6N2. The summed E-state index contributed by atoms with van der Waals surface area (Å²) in [6, 6.07) is 0. The lowest BCUT2D eigenvalue weighted by atomic mass is 10.5. The molecule has 2 nitrogen and oxygen atoms in total. The van der Waals surface area contributed by atoms with Crippen molar-refractivity contribution in [3.8, 4) is 0 Å². The molecule has 0 atom stereocenters. The smallest absolute Gasteiger partial charge is 0.0787 e. The summed E-state index contributed by atoms with van der Waals surface area (Å²) in [5.41, 5.74) is 0. The third-order valence-corrected chi connectivity index (χ3v) is 0.669. The van der Waals surface area contributed by atoms with Crippen LogP contribution in [0.2, 0.25) is 0 Å². The molecule has 7 heavy (non-hydrogen) atoms. The van der Waals surface area contributed by atoms with Gasteiger partial charge in [0, 0.05) is 6.20 Å². The quantitative estimate of drug-likeness (QED) is 0.434. The fourth-order valence-electron chi connectivity index (χ4n) is 0.369. The third-order valence-electron chi connectivity index (χ3n) is 0.669. The molecule has 0 aromatic heterocycles. The van der Waals surface area contributed by atoms with Crippen LogP contribution in [0.5, 0.6) is 0 Å². The van der Waals surface area contributed by atoms with E-state index in [2.05, 4.69) is 10.2 Å². The Kier molecular flexibility index (Phi) is 1.39. The number of nitrogens with zero attached hydrogens (tertiary/aromatic N) is 2. The van der Waals surface area contributed by atoms with Crippen LogP contribution in [0.15, 0.2) is 34.7 Å². The van der Waals surface area contributed by atoms with Gasteiger partial charge in [0.05, 0.1) is 6.54 Å². The molecule has 0 aliphatic carbocycles. The summed E-state index contributed by atoms with van der Waals surface area (Å²) >= 11 is 0. The summed E-state index contributed by atoms with van der Waals surface area (Å²) in [7, 11) is 0. The highest BCUT2D eigenvalue weighted by atomic mass is 15.1. The number of allylic oxidation sites excluding steroid dienone is 2. The molecule has 0 aromatic rings. The molecule has 0 bridgehead atoms. The van der Waals surface area contributed by atoms with Crippen molar-refractivity contribution < 1.29 is 0 Å². The highest BCUT2D eigenvalue weighted by Gasteiger charge is 1.72. The first-order valence-electron chi connectivity index (χ1n) is 2.18. The van der Waals surface area contributed by atoms with Gasteiger partial charge in [-0.1, -0.05) is 12.2 Å². The van der Waals surface area contributed by atoms with Crippen molar-refractivity contribution in [2.45, 2.75) is 0 Å². The zero-order chi connectivity index (χ0) is 4.95. The number of rotatable bonds is 0. The molecule has 36 valence electrons. The first-order chi connectivity index (χ1) is 3.50. The first kappa shape index (κ1) is 4.24. The van der Waals surface area contributed by atoms with Crippen LogP contribution in [-0.2, 0) is 0 Å². The highest BCUT2D eigenvalue weighted by molar-refractivity contribution is 5.03. The maximum Gasteiger partial charge on any atom is 0.0787 e. The van der Waals surface area contributed by atoms with Crippen LogP contribution in [0.3, 0.4) is 0 Å². The SMILES string of the molecule is C1=CCN=NC=C1. The van der Waals surface area contributed by atoms with Crippen LogP contribution >= 0.6 is 0 Å². The van der Waals surface area contributed by atoms with Crippen molar-refractivity contribution >= 4 is 0 Å². The fourth-order valence-corrected chi connectivity index (χ4v) is 0.369. The summed E-state index contributed by atoms with van der Waals surface area (Å²) in [6.07, 6.45) is 7.41. The second-order valence-corrected chi connectivity index (χ2v) is 1.21. The monoisotopic (exact) mass is 94.1 g/mol. The van der Waals surface area contributed by atoms with E-state index >= 15 is 0 Å². The molecule has 0 saturated heterocycles. The Labute approximate surface area is 42.3 Å². The summed E-state index contributed by atoms with van der Waals surface area (Å²) < 4.78 is 0. The third kappa shape index (κ3) is 1.30. The summed E-state index contributed by atoms with van der Waals surface area (Å²) in [6.45, 7) is 0.715. The van der Waals surface area contributed by atoms with Crippen LogP contribution < -0.4 is 0 Å². The minimum absolute atomic E-state index is 0.715. The summed E-state index contributed by atoms with van der Waals surface area (Å²) in [4.78, 5) is 0. The Morgan fingerprint density at radius 1 is 1.29 bits per heavy atom. The van der Waals surface area contributed by atoms with Crippen molar-refractivity contribution in [2.24, 2.45) is 10.2 Å². The van der Waals surface area contributed by atoms with E-state index in [4.69, 9.17) is 0 Å². The van der Waals surface area contributed by atoms with Gasteiger partial charge in [-0.2, -0.15) is 10.2 Å². The van der Waals surface area contributed by atoms with E-state index in [1.165, 1.54) is 0 Å². The van der Waals surface area contributed by atoms with Crippen molar-refractivity contribution in [3.05, 3.63) is 24.4 Å². The molecule has 1 aliphatic heterocycles. The predicted molar refractivity (Wildman–Crippen MR) is 28.0 cm³/mol. The molecule has 0 amide bonds. The molecule has 0 fully saturated rings. The highest BCUT2D eigenvalue weighted by Crippen LogP contribution is 1.87. The average molecular weight is 94.1 g/mol. The number of azo groups is 1. The van der Waals surface area contributed by atoms with E-state index in [-0.39, 0.29) is 0 Å². The normalized spacial score (nSPS) is 17.1. The number of hydrogen-bond donors (Lipinski definition) is 0. The maximum atomic E-state index is 3.72. The largest absolute Gasteiger partial charge is 0.185 e. The molecule has 0 radical (unpaired) electrons. The zero-order valence-electron chi connectivity index (χ0n) is 3.91. The Balaban J connectivity index is 2.60. The molecule has 0 aromatic carbocycles. The van der Waals surface area contributed by atoms with Gasteiger partial charge in [0.25, 0.3) is 0 Å². The van der Waals surface area contributed by atoms with Crippen LogP contribution in [0.25, 0.3) is 0 Å². The van der Waals surface area contributed by atoms with Gasteiger partial charge in [-0.15, -0.1) is 0 Å². The molecule has 1 rings (SSSR count). The average Bonchev–Trinajstić information content (AvgIpc) is 1.90.